The quantitative estimate of drug-likeness (QED) is 0.422. The zero-order valence-electron chi connectivity index (χ0n) is 8.36. The molecule has 0 bridgehead atoms. The van der Waals surface area contributed by atoms with E-state index in [1.807, 2.05) is 0 Å². The molecule has 1 aliphatic heterocycles. The smallest absolute Gasteiger partial charge is 0.0392 e. The molecule has 0 fully saturated rings. The normalized spacial score (nSPS) is 44.0. The Morgan fingerprint density at radius 1 is 2.17 bits per heavy atom. The van der Waals surface area contributed by atoms with Crippen LogP contribution in [0.25, 0.3) is 0 Å². The summed E-state index contributed by atoms with van der Waals surface area (Å²) in [4.78, 5) is 3.64. The molecular weight excluding hydrogens is 74.1 g/mol. The molecule has 0 saturated heterocycles. The van der Waals surface area contributed by atoms with Gasteiger partial charge in [0, 0.05) is 19.1 Å². The molecule has 0 aliphatic carbocycles. The molecule has 0 N–H and O–H groups in total. The van der Waals surface area contributed by atoms with Crippen molar-refractivity contribution in [2.45, 2.75) is 19.6 Å². The Kier molecular flexibility index (Phi) is 0.256. The van der Waals surface area contributed by atoms with E-state index in [0.717, 1.165) is 0 Å². The zero-order valence-corrected chi connectivity index (χ0v) is 3.36. The lowest BCUT2D eigenvalue weighted by Gasteiger charge is -1.76. The number of hydrogen-bond donors (Lipinski definition) is 0. The average Bonchev–Trinajstić information content (AvgIpc) is 2.06. The topological polar surface area (TPSA) is 12.4 Å². The van der Waals surface area contributed by atoms with Crippen LogP contribution < -0.4 is 0 Å². The first-order valence-corrected chi connectivity index (χ1v) is 1.89. The third-order valence-corrected chi connectivity index (χ3v) is 0.674. The first kappa shape index (κ1) is 1.09. The highest BCUT2D eigenvalue weighted by Crippen LogP contribution is 2.00. The van der Waals surface area contributed by atoms with Gasteiger partial charge in [-0.25, -0.2) is 0 Å². The van der Waals surface area contributed by atoms with Crippen molar-refractivity contribution in [3.63, 3.8) is 0 Å². The molecule has 0 aromatic heterocycles. The van der Waals surface area contributed by atoms with Crippen molar-refractivity contribution < 1.29 is 6.85 Å². The summed E-state index contributed by atoms with van der Waals surface area (Å²) in [5.41, 5.74) is -0.273. The van der Waals surface area contributed by atoms with Gasteiger partial charge in [0.1, 0.15) is 0 Å². The average molecular weight is 88.2 g/mol. The first-order chi connectivity index (χ1) is 4.84. The Morgan fingerprint density at radius 2 is 3.17 bits per heavy atom. The molecule has 1 heterocycles. The second-order valence-electron chi connectivity index (χ2n) is 1.16. The predicted octanol–water partition coefficient (Wildman–Crippen LogP) is 1.24. The van der Waals surface area contributed by atoms with Crippen LogP contribution in [0.3, 0.4) is 0 Å². The fraction of sp³-hybridized carbons (Fsp3) is 0.800. The van der Waals surface area contributed by atoms with Crippen molar-refractivity contribution in [3.05, 3.63) is 0 Å². The minimum atomic E-state index is -2.36. The van der Waals surface area contributed by atoms with Gasteiger partial charge in [-0.1, -0.05) is 0 Å². The van der Waals surface area contributed by atoms with E-state index in [1.54, 1.807) is 0 Å². The van der Waals surface area contributed by atoms with Crippen molar-refractivity contribution in [2.75, 3.05) is 6.54 Å². The van der Waals surface area contributed by atoms with Crippen LogP contribution in [-0.2, 0) is 0 Å². The van der Waals surface area contributed by atoms with Crippen molar-refractivity contribution in [2.24, 2.45) is 4.99 Å². The van der Waals surface area contributed by atoms with Crippen LogP contribution in [-0.4, -0.2) is 12.3 Å². The van der Waals surface area contributed by atoms with Crippen LogP contribution in [0.15, 0.2) is 4.99 Å². The highest BCUT2D eigenvalue weighted by Gasteiger charge is 1.96. The van der Waals surface area contributed by atoms with Crippen molar-refractivity contribution in [3.8, 4) is 0 Å². The maximum atomic E-state index is 7.27. The number of nitrogens with zero attached hydrogens (tertiary/aromatic N) is 1. The highest BCUT2D eigenvalue weighted by molar-refractivity contribution is 5.83. The van der Waals surface area contributed by atoms with Crippen LogP contribution in [0, 0.1) is 0 Å². The predicted molar refractivity (Wildman–Crippen MR) is 27.2 cm³/mol. The molecule has 0 spiro atoms. The fourth-order valence-electron chi connectivity index (χ4n) is 0.398. The molecule has 0 radical (unpaired) electrons. The van der Waals surface area contributed by atoms with E-state index in [1.165, 1.54) is 0 Å². The maximum absolute atomic E-state index is 7.27. The van der Waals surface area contributed by atoms with Gasteiger partial charge in [0.15, 0.2) is 0 Å². The van der Waals surface area contributed by atoms with E-state index >= 15 is 0 Å². The van der Waals surface area contributed by atoms with Gasteiger partial charge in [0.05, 0.1) is 0 Å². The lowest BCUT2D eigenvalue weighted by atomic mass is 10.3. The van der Waals surface area contributed by atoms with Gasteiger partial charge in [-0.15, -0.1) is 0 Å². The minimum Gasteiger partial charge on any atom is -0.294 e. The summed E-state index contributed by atoms with van der Waals surface area (Å²) in [5, 5.41) is 0. The van der Waals surface area contributed by atoms with Crippen LogP contribution in [0.1, 0.15) is 26.5 Å². The lowest BCUT2D eigenvalue weighted by Crippen LogP contribution is -1.77. The van der Waals surface area contributed by atoms with E-state index in [9.17, 15) is 0 Å². The molecular formula is C5H9N. The van der Waals surface area contributed by atoms with Crippen LogP contribution >= 0.6 is 0 Å². The maximum Gasteiger partial charge on any atom is 0.0392 e. The van der Waals surface area contributed by atoms with Crippen molar-refractivity contribution in [1.29, 1.82) is 0 Å². The molecule has 0 amide bonds. The standard InChI is InChI=1S/C5H9N/c1-5-3-2-4-6-5/h2-4H2,1H3/i1D3,3D2. The van der Waals surface area contributed by atoms with Crippen molar-refractivity contribution in [1.82, 2.24) is 0 Å². The molecule has 0 aromatic carbocycles. The zero-order chi connectivity index (χ0) is 8.70. The molecule has 6 heavy (non-hydrogen) atoms. The number of hydrogen-bond acceptors (Lipinski definition) is 1. The second-order valence-corrected chi connectivity index (χ2v) is 1.16. The van der Waals surface area contributed by atoms with Crippen molar-refractivity contribution >= 4 is 5.71 Å². The van der Waals surface area contributed by atoms with E-state index in [0.29, 0.717) is 6.54 Å². The number of rotatable bonds is 0. The molecule has 1 nitrogen and oxygen atoms in total. The molecule has 1 heteroatoms. The van der Waals surface area contributed by atoms with Gasteiger partial charge in [0.2, 0.25) is 0 Å². The fourth-order valence-corrected chi connectivity index (χ4v) is 0.398. The van der Waals surface area contributed by atoms with E-state index in [-0.39, 0.29) is 12.1 Å². The SMILES string of the molecule is [2H]C([2H])([2H])C1=NCCC1([2H])[2H]. The summed E-state index contributed by atoms with van der Waals surface area (Å²) in [6.45, 7) is -2.07. The Labute approximate surface area is 45.1 Å². The van der Waals surface area contributed by atoms with E-state index < -0.39 is 13.2 Å². The molecule has 0 atom stereocenters. The van der Waals surface area contributed by atoms with E-state index in [4.69, 9.17) is 6.85 Å². The van der Waals surface area contributed by atoms with E-state index in [2.05, 4.69) is 4.99 Å². The summed E-state index contributed by atoms with van der Waals surface area (Å²) in [5.74, 6) is 0. The van der Waals surface area contributed by atoms with Gasteiger partial charge in [-0.05, 0) is 19.6 Å². The Balaban J connectivity index is 2.89. The molecule has 0 aromatic rings. The minimum absolute atomic E-state index is 0.195. The number of aliphatic imine (C=N–C) groups is 1. The van der Waals surface area contributed by atoms with Gasteiger partial charge >= 0.3 is 0 Å². The monoisotopic (exact) mass is 88.1 g/mol. The third kappa shape index (κ3) is 0.588. The Morgan fingerprint density at radius 3 is 3.50 bits per heavy atom. The molecule has 1 rings (SSSR count). The summed E-state index contributed by atoms with van der Waals surface area (Å²) in [6.07, 6.45) is -1.52. The molecule has 1 aliphatic rings. The Bertz CT molecular complexity index is 192. The molecule has 0 saturated carbocycles. The van der Waals surface area contributed by atoms with Gasteiger partial charge < -0.3 is 0 Å². The van der Waals surface area contributed by atoms with Crippen LogP contribution in [0.5, 0.6) is 0 Å². The molecule has 0 unspecified atom stereocenters. The third-order valence-electron chi connectivity index (χ3n) is 0.674. The first-order valence-electron chi connectivity index (χ1n) is 4.39. The van der Waals surface area contributed by atoms with Gasteiger partial charge in [0.25, 0.3) is 0 Å². The summed E-state index contributed by atoms with van der Waals surface area (Å²) >= 11 is 0. The molecule has 34 valence electrons. The highest BCUT2D eigenvalue weighted by atomic mass is 14.7. The van der Waals surface area contributed by atoms with Crippen LogP contribution in [0.4, 0.5) is 0 Å². The van der Waals surface area contributed by atoms with Crippen LogP contribution in [0.2, 0.25) is 0 Å². The largest absolute Gasteiger partial charge is 0.294 e. The van der Waals surface area contributed by atoms with Gasteiger partial charge in [-0.2, -0.15) is 0 Å². The summed E-state index contributed by atoms with van der Waals surface area (Å²) < 4.78 is 35.4. The Hall–Kier alpha value is -0.330. The summed E-state index contributed by atoms with van der Waals surface area (Å²) in [7, 11) is 0. The van der Waals surface area contributed by atoms with Gasteiger partial charge in [-0.3, -0.25) is 4.99 Å². The second kappa shape index (κ2) is 1.41. The lowest BCUT2D eigenvalue weighted by molar-refractivity contribution is 0.951. The summed E-state index contributed by atoms with van der Waals surface area (Å²) in [6, 6.07) is 0.